The number of hydrogen-bond donors (Lipinski definition) is 1. The van der Waals surface area contributed by atoms with Gasteiger partial charge in [0.25, 0.3) is 0 Å². The van der Waals surface area contributed by atoms with Gasteiger partial charge in [-0.05, 0) is 18.2 Å². The molecule has 2 aromatic rings. The van der Waals surface area contributed by atoms with Gasteiger partial charge >= 0.3 is 0 Å². The van der Waals surface area contributed by atoms with Gasteiger partial charge in [-0.15, -0.1) is 0 Å². The van der Waals surface area contributed by atoms with Gasteiger partial charge in [-0.1, -0.05) is 6.07 Å². The van der Waals surface area contributed by atoms with E-state index in [1.807, 2.05) is 24.4 Å². The van der Waals surface area contributed by atoms with Crippen molar-refractivity contribution in [2.75, 3.05) is 0 Å². The summed E-state index contributed by atoms with van der Waals surface area (Å²) >= 11 is 0. The van der Waals surface area contributed by atoms with Crippen molar-refractivity contribution >= 4 is 5.65 Å². The second-order valence-electron chi connectivity index (χ2n) is 2.26. The predicted molar refractivity (Wildman–Crippen MR) is 41.0 cm³/mol. The largest absolute Gasteiger partial charge is 0.286 e. The molecule has 0 aliphatic heterocycles. The smallest absolute Gasteiger partial charge is 0.138 e. The molecule has 11 heavy (non-hydrogen) atoms. The summed E-state index contributed by atoms with van der Waals surface area (Å²) in [5.74, 6) is 0. The normalized spacial score (nSPS) is 10.2. The van der Waals surface area contributed by atoms with Crippen LogP contribution in [-0.4, -0.2) is 9.38 Å². The van der Waals surface area contributed by atoms with Gasteiger partial charge < -0.3 is 0 Å². The van der Waals surface area contributed by atoms with Gasteiger partial charge in [-0.2, -0.15) is 0 Å². The first-order chi connectivity index (χ1) is 5.38. The van der Waals surface area contributed by atoms with Crippen molar-refractivity contribution in [3.8, 4) is 0 Å². The Hall–Kier alpha value is -1.64. The van der Waals surface area contributed by atoms with Crippen LogP contribution in [-0.2, 0) is 0 Å². The fraction of sp³-hybridized carbons (Fsp3) is 0. The van der Waals surface area contributed by atoms with Crippen LogP contribution in [0.15, 0.2) is 36.7 Å². The Morgan fingerprint density at radius 2 is 2.18 bits per heavy atom. The molecule has 0 aromatic carbocycles. The highest BCUT2D eigenvalue weighted by molar-refractivity contribution is 5.35. The molecule has 0 aliphatic carbocycles. The van der Waals surface area contributed by atoms with Gasteiger partial charge in [0.2, 0.25) is 0 Å². The van der Waals surface area contributed by atoms with E-state index in [1.54, 1.807) is 16.7 Å². The lowest BCUT2D eigenvalue weighted by atomic mass is 10.4. The fourth-order valence-electron chi connectivity index (χ4n) is 1.02. The Bertz CT molecular complexity index is 425. The molecule has 0 aliphatic rings. The monoisotopic (exact) mass is 145 g/mol. The van der Waals surface area contributed by atoms with Crippen LogP contribution in [0.5, 0.6) is 0 Å². The molecule has 0 fully saturated rings. The molecule has 0 saturated heterocycles. The quantitative estimate of drug-likeness (QED) is 0.585. The molecule has 3 heteroatoms. The fourth-order valence-corrected chi connectivity index (χ4v) is 1.02. The van der Waals surface area contributed by atoms with Crippen molar-refractivity contribution in [2.24, 2.45) is 0 Å². The zero-order chi connectivity index (χ0) is 7.68. The maximum Gasteiger partial charge on any atom is 0.138 e. The third kappa shape index (κ3) is 0.902. The molecule has 0 saturated carbocycles. The molecule has 3 nitrogen and oxygen atoms in total. The van der Waals surface area contributed by atoms with E-state index in [2.05, 4.69) is 4.98 Å². The summed E-state index contributed by atoms with van der Waals surface area (Å²) in [4.78, 5) is 4.08. The molecule has 0 bridgehead atoms. The summed E-state index contributed by atoms with van der Waals surface area (Å²) in [5, 5.41) is 7.49. The minimum atomic E-state index is 0.454. The number of nitrogens with one attached hydrogen (secondary N) is 1. The summed E-state index contributed by atoms with van der Waals surface area (Å²) in [7, 11) is 0. The van der Waals surface area contributed by atoms with E-state index in [0.717, 1.165) is 5.65 Å². The third-order valence-electron chi connectivity index (χ3n) is 1.53. The van der Waals surface area contributed by atoms with Crippen molar-refractivity contribution in [1.29, 1.82) is 5.41 Å². The Morgan fingerprint density at radius 1 is 1.27 bits per heavy atom. The number of aromatic nitrogens is 2. The molecule has 0 unspecified atom stereocenters. The highest BCUT2D eigenvalue weighted by Gasteiger charge is 1.88. The number of nitrogens with zero attached hydrogens (tertiary/aromatic N) is 2. The van der Waals surface area contributed by atoms with Crippen LogP contribution in [0.1, 0.15) is 0 Å². The Labute approximate surface area is 63.5 Å². The molecule has 1 N–H and O–H groups in total. The van der Waals surface area contributed by atoms with Gasteiger partial charge in [-0.25, -0.2) is 4.98 Å². The van der Waals surface area contributed by atoms with Gasteiger partial charge in [0.1, 0.15) is 11.1 Å². The Morgan fingerprint density at radius 3 is 3.00 bits per heavy atom. The van der Waals surface area contributed by atoms with Crippen molar-refractivity contribution in [2.45, 2.75) is 0 Å². The van der Waals surface area contributed by atoms with E-state index >= 15 is 0 Å². The highest BCUT2D eigenvalue weighted by Crippen LogP contribution is 1.91. The van der Waals surface area contributed by atoms with E-state index in [9.17, 15) is 0 Å². The van der Waals surface area contributed by atoms with Gasteiger partial charge in [0, 0.05) is 12.4 Å². The molecule has 54 valence electrons. The molecule has 0 radical (unpaired) electrons. The molecule has 2 heterocycles. The summed E-state index contributed by atoms with van der Waals surface area (Å²) < 4.78 is 1.72. The van der Waals surface area contributed by atoms with Crippen molar-refractivity contribution in [3.63, 3.8) is 0 Å². The molecule has 2 aromatic heterocycles. The maximum atomic E-state index is 7.49. The van der Waals surface area contributed by atoms with Crippen molar-refractivity contribution in [1.82, 2.24) is 9.38 Å². The molecule has 0 atom stereocenters. The summed E-state index contributed by atoms with van der Waals surface area (Å²) in [6.07, 6.45) is 3.54. The van der Waals surface area contributed by atoms with E-state index < -0.39 is 0 Å². The lowest BCUT2D eigenvalue weighted by molar-refractivity contribution is 0.978. The van der Waals surface area contributed by atoms with Crippen LogP contribution in [0, 0.1) is 5.41 Å². The summed E-state index contributed by atoms with van der Waals surface area (Å²) in [5.41, 5.74) is 1.26. The summed E-state index contributed by atoms with van der Waals surface area (Å²) in [6, 6.07) is 7.24. The van der Waals surface area contributed by atoms with Crippen LogP contribution in [0.2, 0.25) is 0 Å². The highest BCUT2D eigenvalue weighted by atomic mass is 15.0. The van der Waals surface area contributed by atoms with E-state index in [-0.39, 0.29) is 0 Å². The Kier molecular flexibility index (Phi) is 1.22. The number of pyridine rings is 1. The molecule has 0 amide bonds. The standard InChI is InChI=1S/C8H7N3/c9-7-3-1-4-8-10-5-2-6-11(7)8/h1-6,9H. The van der Waals surface area contributed by atoms with E-state index in [0.29, 0.717) is 5.49 Å². The number of rotatable bonds is 0. The lowest BCUT2D eigenvalue weighted by Crippen LogP contribution is -2.11. The van der Waals surface area contributed by atoms with Crippen molar-refractivity contribution < 1.29 is 0 Å². The van der Waals surface area contributed by atoms with Crippen LogP contribution in [0.4, 0.5) is 0 Å². The van der Waals surface area contributed by atoms with Gasteiger partial charge in [0.15, 0.2) is 0 Å². The van der Waals surface area contributed by atoms with Crippen LogP contribution in [0.3, 0.4) is 0 Å². The summed E-state index contributed by atoms with van der Waals surface area (Å²) in [6.45, 7) is 0. The third-order valence-corrected chi connectivity index (χ3v) is 1.53. The lowest BCUT2D eigenvalue weighted by Gasteiger charge is -1.96. The first-order valence-corrected chi connectivity index (χ1v) is 3.35. The van der Waals surface area contributed by atoms with Gasteiger partial charge in [-0.3, -0.25) is 9.81 Å². The SMILES string of the molecule is N=c1cccc2ncccn12. The van der Waals surface area contributed by atoms with Crippen LogP contribution >= 0.6 is 0 Å². The predicted octanol–water partition coefficient (Wildman–Crippen LogP) is 0.814. The van der Waals surface area contributed by atoms with Crippen LogP contribution < -0.4 is 5.49 Å². The molecular weight excluding hydrogens is 138 g/mol. The zero-order valence-corrected chi connectivity index (χ0v) is 5.86. The molecular formula is C8H7N3. The zero-order valence-electron chi connectivity index (χ0n) is 5.86. The maximum absolute atomic E-state index is 7.49. The van der Waals surface area contributed by atoms with Gasteiger partial charge in [0.05, 0.1) is 0 Å². The first kappa shape index (κ1) is 6.09. The number of hydrogen-bond acceptors (Lipinski definition) is 2. The Balaban J connectivity index is 3.03. The van der Waals surface area contributed by atoms with Crippen molar-refractivity contribution in [3.05, 3.63) is 42.1 Å². The minimum Gasteiger partial charge on any atom is -0.286 e. The topological polar surface area (TPSA) is 41.2 Å². The average molecular weight is 145 g/mol. The minimum absolute atomic E-state index is 0.454. The van der Waals surface area contributed by atoms with Crippen LogP contribution in [0.25, 0.3) is 5.65 Å². The first-order valence-electron chi connectivity index (χ1n) is 3.35. The number of fused-ring (bicyclic) bond motifs is 1. The average Bonchev–Trinajstić information content (AvgIpc) is 2.06. The van der Waals surface area contributed by atoms with E-state index in [4.69, 9.17) is 5.41 Å². The van der Waals surface area contributed by atoms with E-state index in [1.165, 1.54) is 0 Å². The second-order valence-corrected chi connectivity index (χ2v) is 2.26. The molecule has 2 rings (SSSR count). The second kappa shape index (κ2) is 2.20. The molecule has 0 spiro atoms.